The van der Waals surface area contributed by atoms with Crippen LogP contribution in [-0.2, 0) is 17.8 Å². The number of piperazine rings is 1. The number of halogens is 2. The maximum atomic E-state index is 14.7. The zero-order valence-electron chi connectivity index (χ0n) is 23.6. The molecule has 12 heteroatoms. The van der Waals surface area contributed by atoms with E-state index in [9.17, 15) is 14.3 Å². The largest absolute Gasteiger partial charge is 0.485 e. The monoisotopic (exact) mass is 607 g/mol. The zero-order valence-corrected chi connectivity index (χ0v) is 24.3. The fourth-order valence-electron chi connectivity index (χ4n) is 5.99. The summed E-state index contributed by atoms with van der Waals surface area (Å²) in [6.45, 7) is 6.50. The standard InChI is InChI=1S/C31H31ClFN5O5/c1-18-14-37(25-3-2-4-26-29(25)43-27(17-42-26)21-6-5-19(32)13-22(21)33)11-10-36(18)16-28-34-23-7-8-24(31(39)40)35-30(23)38(28)15-20-9-12-41-20/h2-8,13,18,20,27H,9-12,14-17H2,1H3,(H,39,40)/t18-,20-,27?/m0/s1. The molecule has 224 valence electrons. The van der Waals surface area contributed by atoms with E-state index in [1.165, 1.54) is 12.1 Å². The van der Waals surface area contributed by atoms with Crippen LogP contribution in [0.25, 0.3) is 11.2 Å². The molecule has 3 aliphatic heterocycles. The van der Waals surface area contributed by atoms with Gasteiger partial charge in [-0.1, -0.05) is 23.7 Å². The Hall–Kier alpha value is -3.93. The first-order valence-electron chi connectivity index (χ1n) is 14.4. The molecule has 7 rings (SSSR count). The molecular weight excluding hydrogens is 577 g/mol. The maximum absolute atomic E-state index is 14.7. The molecule has 1 N–H and O–H groups in total. The number of para-hydroxylation sites is 1. The number of hydrogen-bond donors (Lipinski definition) is 1. The lowest BCUT2D eigenvalue weighted by atomic mass is 10.1. The van der Waals surface area contributed by atoms with Gasteiger partial charge in [-0.25, -0.2) is 19.2 Å². The molecular formula is C31H31ClFN5O5. The van der Waals surface area contributed by atoms with Crippen LogP contribution < -0.4 is 14.4 Å². The van der Waals surface area contributed by atoms with Gasteiger partial charge in [0.25, 0.3) is 0 Å². The van der Waals surface area contributed by atoms with Crippen LogP contribution in [0.4, 0.5) is 10.1 Å². The number of aromatic carboxylic acids is 1. The summed E-state index contributed by atoms with van der Waals surface area (Å²) in [5.41, 5.74) is 2.54. The summed E-state index contributed by atoms with van der Waals surface area (Å²) in [7, 11) is 0. The SMILES string of the molecule is C[C@H]1CN(c2cccc3c2OC(c2ccc(Cl)cc2F)CO3)CCN1Cc1nc2ccc(C(=O)O)nc2n1C[C@@H]1CCO1. The third-order valence-electron chi connectivity index (χ3n) is 8.44. The second-order valence-corrected chi connectivity index (χ2v) is 11.7. The van der Waals surface area contributed by atoms with E-state index in [1.54, 1.807) is 18.2 Å². The van der Waals surface area contributed by atoms with Crippen LogP contribution in [0.15, 0.2) is 48.5 Å². The van der Waals surface area contributed by atoms with Crippen LogP contribution in [0.3, 0.4) is 0 Å². The molecule has 0 radical (unpaired) electrons. The lowest BCUT2D eigenvalue weighted by Crippen LogP contribution is -2.52. The van der Waals surface area contributed by atoms with E-state index in [1.807, 2.05) is 22.8 Å². The number of anilines is 1. The molecule has 4 aromatic rings. The van der Waals surface area contributed by atoms with Crippen molar-refractivity contribution in [3.05, 3.63) is 76.5 Å². The van der Waals surface area contributed by atoms with Gasteiger partial charge in [0.1, 0.15) is 23.8 Å². The van der Waals surface area contributed by atoms with E-state index >= 15 is 0 Å². The van der Waals surface area contributed by atoms with E-state index in [2.05, 4.69) is 21.7 Å². The van der Waals surface area contributed by atoms with E-state index in [0.717, 1.165) is 44.2 Å². The minimum absolute atomic E-state index is 0.00450. The average molecular weight is 608 g/mol. The van der Waals surface area contributed by atoms with Crippen molar-refractivity contribution in [3.8, 4) is 11.5 Å². The minimum atomic E-state index is -1.07. The summed E-state index contributed by atoms with van der Waals surface area (Å²) in [6.07, 6.45) is 0.427. The molecule has 0 bridgehead atoms. The highest BCUT2D eigenvalue weighted by Crippen LogP contribution is 2.44. The summed E-state index contributed by atoms with van der Waals surface area (Å²) in [6, 6.07) is 13.8. The molecule has 2 saturated heterocycles. The van der Waals surface area contributed by atoms with Gasteiger partial charge >= 0.3 is 5.97 Å². The van der Waals surface area contributed by atoms with Gasteiger partial charge in [-0.05, 0) is 49.7 Å². The number of ether oxygens (including phenoxy) is 3. The lowest BCUT2D eigenvalue weighted by molar-refractivity contribution is -0.0593. The number of fused-ring (bicyclic) bond motifs is 2. The molecule has 0 amide bonds. The van der Waals surface area contributed by atoms with E-state index in [-0.39, 0.29) is 24.4 Å². The first-order chi connectivity index (χ1) is 20.8. The Morgan fingerprint density at radius 3 is 2.77 bits per heavy atom. The number of aromatic nitrogens is 3. The van der Waals surface area contributed by atoms with Crippen LogP contribution in [0.5, 0.6) is 11.5 Å². The van der Waals surface area contributed by atoms with Gasteiger partial charge in [0.15, 0.2) is 28.9 Å². The van der Waals surface area contributed by atoms with Gasteiger partial charge in [0.2, 0.25) is 0 Å². The van der Waals surface area contributed by atoms with Gasteiger partial charge in [0.05, 0.1) is 24.9 Å². The number of carboxylic acid groups (broad SMARTS) is 1. The van der Waals surface area contributed by atoms with E-state index in [4.69, 9.17) is 30.8 Å². The number of imidazole rings is 1. The minimum Gasteiger partial charge on any atom is -0.485 e. The Morgan fingerprint density at radius 2 is 2.02 bits per heavy atom. The fourth-order valence-corrected chi connectivity index (χ4v) is 6.14. The predicted molar refractivity (Wildman–Crippen MR) is 158 cm³/mol. The van der Waals surface area contributed by atoms with Crippen molar-refractivity contribution in [2.75, 3.05) is 37.7 Å². The lowest BCUT2D eigenvalue weighted by Gasteiger charge is -2.42. The van der Waals surface area contributed by atoms with Gasteiger partial charge < -0.3 is 28.8 Å². The number of carboxylic acids is 1. The fraction of sp³-hybridized carbons (Fsp3) is 0.387. The second-order valence-electron chi connectivity index (χ2n) is 11.2. The van der Waals surface area contributed by atoms with Gasteiger partial charge in [-0.3, -0.25) is 4.90 Å². The molecule has 5 heterocycles. The molecule has 0 spiro atoms. The highest BCUT2D eigenvalue weighted by Gasteiger charge is 2.32. The van der Waals surface area contributed by atoms with Crippen molar-refractivity contribution in [1.82, 2.24) is 19.4 Å². The Bertz CT molecular complexity index is 1690. The number of carbonyl (C=O) groups is 1. The topological polar surface area (TPSA) is 102 Å². The third-order valence-corrected chi connectivity index (χ3v) is 8.67. The van der Waals surface area contributed by atoms with Gasteiger partial charge in [0, 0.05) is 42.9 Å². The zero-order chi connectivity index (χ0) is 29.7. The van der Waals surface area contributed by atoms with Crippen LogP contribution >= 0.6 is 11.6 Å². The molecule has 2 fully saturated rings. The molecule has 0 aliphatic carbocycles. The summed E-state index contributed by atoms with van der Waals surface area (Å²) in [5, 5.41) is 9.83. The molecule has 10 nitrogen and oxygen atoms in total. The Labute approximate surface area is 252 Å². The Balaban J connectivity index is 1.10. The van der Waals surface area contributed by atoms with Crippen molar-refractivity contribution in [2.24, 2.45) is 0 Å². The second kappa shape index (κ2) is 11.3. The summed E-state index contributed by atoms with van der Waals surface area (Å²) >= 11 is 5.96. The first kappa shape index (κ1) is 27.9. The molecule has 1 unspecified atom stereocenters. The number of benzene rings is 2. The van der Waals surface area contributed by atoms with Crippen molar-refractivity contribution >= 4 is 34.4 Å². The highest BCUT2D eigenvalue weighted by molar-refractivity contribution is 6.30. The van der Waals surface area contributed by atoms with Gasteiger partial charge in [-0.15, -0.1) is 0 Å². The van der Waals surface area contributed by atoms with Crippen LogP contribution in [0, 0.1) is 5.82 Å². The number of rotatable bonds is 7. The van der Waals surface area contributed by atoms with E-state index < -0.39 is 17.9 Å². The number of pyridine rings is 1. The predicted octanol–water partition coefficient (Wildman–Crippen LogP) is 4.93. The average Bonchev–Trinajstić information content (AvgIpc) is 3.31. The van der Waals surface area contributed by atoms with Crippen molar-refractivity contribution in [2.45, 2.75) is 44.7 Å². The number of nitrogens with zero attached hydrogens (tertiary/aromatic N) is 5. The normalized spacial score (nSPS) is 22.0. The Morgan fingerprint density at radius 1 is 1.16 bits per heavy atom. The summed E-state index contributed by atoms with van der Waals surface area (Å²) < 4.78 is 34.8. The highest BCUT2D eigenvalue weighted by atomic mass is 35.5. The smallest absolute Gasteiger partial charge is 0.354 e. The molecule has 3 atom stereocenters. The summed E-state index contributed by atoms with van der Waals surface area (Å²) in [5.74, 6) is 0.591. The third kappa shape index (κ3) is 5.37. The Kier molecular flexibility index (Phi) is 7.32. The maximum Gasteiger partial charge on any atom is 0.354 e. The van der Waals surface area contributed by atoms with E-state index in [0.29, 0.717) is 46.3 Å². The molecule has 3 aliphatic rings. The van der Waals surface area contributed by atoms with Crippen molar-refractivity contribution < 1.29 is 28.5 Å². The molecule has 43 heavy (non-hydrogen) atoms. The van der Waals surface area contributed by atoms with Gasteiger partial charge in [-0.2, -0.15) is 0 Å². The summed E-state index contributed by atoms with van der Waals surface area (Å²) in [4.78, 5) is 25.5. The molecule has 0 saturated carbocycles. The quantitative estimate of drug-likeness (QED) is 0.313. The number of hydrogen-bond acceptors (Lipinski definition) is 8. The van der Waals surface area contributed by atoms with Crippen molar-refractivity contribution in [1.29, 1.82) is 0 Å². The molecule has 2 aromatic heterocycles. The van der Waals surface area contributed by atoms with Crippen LogP contribution in [-0.4, -0.2) is 75.5 Å². The van der Waals surface area contributed by atoms with Crippen molar-refractivity contribution in [3.63, 3.8) is 0 Å². The van der Waals surface area contributed by atoms with Crippen LogP contribution in [0.1, 0.15) is 41.3 Å². The molecule has 2 aromatic carbocycles. The van der Waals surface area contributed by atoms with Crippen LogP contribution in [0.2, 0.25) is 5.02 Å². The first-order valence-corrected chi connectivity index (χ1v) is 14.8.